The van der Waals surface area contributed by atoms with Gasteiger partial charge in [0.15, 0.2) is 5.78 Å². The van der Waals surface area contributed by atoms with Crippen molar-refractivity contribution in [3.8, 4) is 0 Å². The Hall–Kier alpha value is -1.45. The molecule has 0 saturated heterocycles. The Morgan fingerprint density at radius 3 is 1.96 bits per heavy atom. The second-order valence-electron chi connectivity index (χ2n) is 6.50. The smallest absolute Gasteiger partial charge is 0.193 e. The number of benzene rings is 2. The van der Waals surface area contributed by atoms with Gasteiger partial charge in [-0.1, -0.05) is 53.0 Å². The van der Waals surface area contributed by atoms with E-state index >= 15 is 0 Å². The Morgan fingerprint density at radius 1 is 0.833 bits per heavy atom. The second kappa shape index (κ2) is 9.75. The summed E-state index contributed by atoms with van der Waals surface area (Å²) in [4.78, 5) is 14.7. The third-order valence-electron chi connectivity index (χ3n) is 4.14. The van der Waals surface area contributed by atoms with E-state index in [4.69, 9.17) is 0 Å². The fraction of sp³-hybridized carbons (Fsp3) is 0.381. The maximum Gasteiger partial charge on any atom is 0.193 e. The molecule has 0 unspecified atom stereocenters. The Morgan fingerprint density at radius 2 is 1.38 bits per heavy atom. The van der Waals surface area contributed by atoms with Crippen LogP contribution in [-0.2, 0) is 6.42 Å². The molecule has 128 valence electrons. The van der Waals surface area contributed by atoms with E-state index in [9.17, 15) is 4.79 Å². The Bertz CT molecular complexity index is 632. The van der Waals surface area contributed by atoms with Crippen LogP contribution in [0.1, 0.15) is 47.2 Å². The quantitative estimate of drug-likeness (QED) is 0.427. The van der Waals surface area contributed by atoms with Crippen LogP contribution in [0.15, 0.2) is 53.0 Å². The van der Waals surface area contributed by atoms with Crippen molar-refractivity contribution in [1.82, 2.24) is 4.90 Å². The molecule has 0 aliphatic carbocycles. The van der Waals surface area contributed by atoms with Gasteiger partial charge in [0.25, 0.3) is 0 Å². The zero-order chi connectivity index (χ0) is 17.4. The molecule has 3 heteroatoms. The molecule has 0 aliphatic rings. The lowest BCUT2D eigenvalue weighted by Crippen LogP contribution is -2.12. The topological polar surface area (TPSA) is 20.3 Å². The number of nitrogens with zero attached hydrogens (tertiary/aromatic N) is 1. The van der Waals surface area contributed by atoms with Crippen molar-refractivity contribution in [2.75, 3.05) is 20.6 Å². The van der Waals surface area contributed by atoms with Crippen LogP contribution in [0.4, 0.5) is 0 Å². The van der Waals surface area contributed by atoms with Crippen molar-refractivity contribution < 1.29 is 4.79 Å². The number of hydrogen-bond donors (Lipinski definition) is 0. The molecule has 24 heavy (non-hydrogen) atoms. The minimum Gasteiger partial charge on any atom is -0.309 e. The Labute approximate surface area is 154 Å². The maximum atomic E-state index is 12.4. The van der Waals surface area contributed by atoms with Crippen molar-refractivity contribution in [2.24, 2.45) is 0 Å². The van der Waals surface area contributed by atoms with Crippen LogP contribution >= 0.6 is 15.9 Å². The minimum absolute atomic E-state index is 0.0812. The summed E-state index contributed by atoms with van der Waals surface area (Å²) in [7, 11) is 4.24. The van der Waals surface area contributed by atoms with Gasteiger partial charge in [-0.05, 0) is 69.7 Å². The summed E-state index contributed by atoms with van der Waals surface area (Å²) >= 11 is 3.39. The number of halogens is 1. The Kier molecular flexibility index (Phi) is 7.67. The van der Waals surface area contributed by atoms with Gasteiger partial charge in [0, 0.05) is 15.6 Å². The largest absolute Gasteiger partial charge is 0.309 e. The van der Waals surface area contributed by atoms with Gasteiger partial charge in [-0.25, -0.2) is 0 Å². The maximum absolute atomic E-state index is 12.4. The predicted molar refractivity (Wildman–Crippen MR) is 105 cm³/mol. The molecule has 0 atom stereocenters. The van der Waals surface area contributed by atoms with Gasteiger partial charge in [-0.15, -0.1) is 0 Å². The molecule has 0 aromatic heterocycles. The van der Waals surface area contributed by atoms with Crippen molar-refractivity contribution in [3.05, 3.63) is 69.7 Å². The second-order valence-corrected chi connectivity index (χ2v) is 7.42. The van der Waals surface area contributed by atoms with Gasteiger partial charge in [0.05, 0.1) is 0 Å². The third-order valence-corrected chi connectivity index (χ3v) is 4.67. The first-order chi connectivity index (χ1) is 11.6. The lowest BCUT2D eigenvalue weighted by molar-refractivity contribution is 0.103. The Balaban J connectivity index is 1.80. The first kappa shape index (κ1) is 18.9. The summed E-state index contributed by atoms with van der Waals surface area (Å²) in [6.07, 6.45) is 6.14. The molecular weight excluding hydrogens is 362 g/mol. The molecule has 0 amide bonds. The average Bonchev–Trinajstić information content (AvgIpc) is 2.58. The van der Waals surface area contributed by atoms with Crippen molar-refractivity contribution in [3.63, 3.8) is 0 Å². The number of carbonyl (C=O) groups excluding carboxylic acids is 1. The first-order valence-electron chi connectivity index (χ1n) is 8.60. The van der Waals surface area contributed by atoms with E-state index in [1.54, 1.807) is 0 Å². The average molecular weight is 388 g/mol. The van der Waals surface area contributed by atoms with E-state index in [1.165, 1.54) is 37.8 Å². The molecule has 2 aromatic rings. The molecule has 0 fully saturated rings. The predicted octanol–water partition coefficient (Wildman–Crippen LogP) is 5.34. The molecule has 0 N–H and O–H groups in total. The summed E-state index contributed by atoms with van der Waals surface area (Å²) in [6, 6.07) is 15.6. The highest BCUT2D eigenvalue weighted by atomic mass is 79.9. The van der Waals surface area contributed by atoms with E-state index in [1.807, 2.05) is 36.4 Å². The zero-order valence-corrected chi connectivity index (χ0v) is 16.2. The van der Waals surface area contributed by atoms with Crippen molar-refractivity contribution >= 4 is 21.7 Å². The molecule has 0 spiro atoms. The third kappa shape index (κ3) is 6.21. The lowest BCUT2D eigenvalue weighted by Gasteiger charge is -2.08. The molecule has 0 aliphatic heterocycles. The van der Waals surface area contributed by atoms with Gasteiger partial charge in [0.2, 0.25) is 0 Å². The van der Waals surface area contributed by atoms with E-state index in [0.29, 0.717) is 0 Å². The summed E-state index contributed by atoms with van der Waals surface area (Å²) in [5, 5.41) is 0. The zero-order valence-electron chi connectivity index (χ0n) is 14.6. The summed E-state index contributed by atoms with van der Waals surface area (Å²) in [5.41, 5.74) is 2.80. The van der Waals surface area contributed by atoms with E-state index in [0.717, 1.165) is 22.0 Å². The molecular formula is C21H26BrNO. The number of aryl methyl sites for hydroxylation is 1. The van der Waals surface area contributed by atoms with E-state index in [2.05, 4.69) is 47.1 Å². The summed E-state index contributed by atoms with van der Waals surface area (Å²) in [6.45, 7) is 1.17. The van der Waals surface area contributed by atoms with Gasteiger partial charge in [-0.2, -0.15) is 0 Å². The molecule has 2 aromatic carbocycles. The highest BCUT2D eigenvalue weighted by Gasteiger charge is 2.08. The van der Waals surface area contributed by atoms with Gasteiger partial charge in [0.1, 0.15) is 0 Å². The van der Waals surface area contributed by atoms with Gasteiger partial charge in [-0.3, -0.25) is 4.79 Å². The molecule has 0 radical (unpaired) electrons. The van der Waals surface area contributed by atoms with Crippen LogP contribution in [-0.4, -0.2) is 31.3 Å². The van der Waals surface area contributed by atoms with E-state index < -0.39 is 0 Å². The standard InChI is InChI=1S/C21H26BrNO/c1-23(2)16-6-4-3-5-7-17-8-10-18(11-9-17)21(24)19-12-14-20(22)15-13-19/h8-15H,3-7,16H2,1-2H3. The molecule has 0 heterocycles. The summed E-state index contributed by atoms with van der Waals surface area (Å²) < 4.78 is 0.986. The number of carbonyl (C=O) groups is 1. The monoisotopic (exact) mass is 387 g/mol. The molecule has 2 rings (SSSR count). The van der Waals surface area contributed by atoms with Crippen LogP contribution in [0, 0.1) is 0 Å². The number of ketones is 1. The fourth-order valence-electron chi connectivity index (χ4n) is 2.70. The highest BCUT2D eigenvalue weighted by Crippen LogP contribution is 2.16. The van der Waals surface area contributed by atoms with Crippen LogP contribution in [0.25, 0.3) is 0 Å². The molecule has 2 nitrogen and oxygen atoms in total. The first-order valence-corrected chi connectivity index (χ1v) is 9.39. The highest BCUT2D eigenvalue weighted by molar-refractivity contribution is 9.10. The number of hydrogen-bond acceptors (Lipinski definition) is 2. The van der Waals surface area contributed by atoms with E-state index in [-0.39, 0.29) is 5.78 Å². The normalized spacial score (nSPS) is 11.0. The summed E-state index contributed by atoms with van der Waals surface area (Å²) in [5.74, 6) is 0.0812. The van der Waals surface area contributed by atoms with Crippen LogP contribution in [0.5, 0.6) is 0 Å². The number of rotatable bonds is 9. The van der Waals surface area contributed by atoms with Crippen molar-refractivity contribution in [2.45, 2.75) is 32.1 Å². The fourth-order valence-corrected chi connectivity index (χ4v) is 2.97. The molecule has 0 bridgehead atoms. The SMILES string of the molecule is CN(C)CCCCCCc1ccc(C(=O)c2ccc(Br)cc2)cc1. The molecule has 0 saturated carbocycles. The van der Waals surface area contributed by atoms with Crippen LogP contribution < -0.4 is 0 Å². The van der Waals surface area contributed by atoms with Gasteiger partial charge >= 0.3 is 0 Å². The number of unbranched alkanes of at least 4 members (excludes halogenated alkanes) is 3. The lowest BCUT2D eigenvalue weighted by atomic mass is 10.00. The van der Waals surface area contributed by atoms with Crippen LogP contribution in [0.3, 0.4) is 0 Å². The minimum atomic E-state index is 0.0812. The van der Waals surface area contributed by atoms with Crippen LogP contribution in [0.2, 0.25) is 0 Å². The van der Waals surface area contributed by atoms with Crippen molar-refractivity contribution in [1.29, 1.82) is 0 Å². The van der Waals surface area contributed by atoms with Gasteiger partial charge < -0.3 is 4.90 Å².